The molecular weight excluding hydrogens is 554 g/mol. The number of nitriles is 3. The van der Waals surface area contributed by atoms with Crippen molar-refractivity contribution in [3.8, 4) is 24.0 Å². The van der Waals surface area contributed by atoms with Crippen LogP contribution < -0.4 is 4.74 Å². The number of halogens is 1. The predicted molar refractivity (Wildman–Crippen MR) is 142 cm³/mol. The highest BCUT2D eigenvalue weighted by atomic mass is 79.9. The summed E-state index contributed by atoms with van der Waals surface area (Å²) in [6.07, 6.45) is 1.21. The van der Waals surface area contributed by atoms with Gasteiger partial charge in [0.15, 0.2) is 5.78 Å². The molecule has 1 aromatic heterocycles. The standard InChI is InChI=1S/C28H20BrN3O4S/c1-3-35-28(34)27-17(2)23(15-32)26(37-27)12-24(33)21(14-31)10-20-11-22(29)8-9-25(20)36-16-19-7-5-4-6-18(19)13-30/h4-11H,3,12,16H2,1-2H3/b21-10+. The summed E-state index contributed by atoms with van der Waals surface area (Å²) in [5.41, 5.74) is 2.25. The lowest BCUT2D eigenvalue weighted by Gasteiger charge is -2.11. The van der Waals surface area contributed by atoms with Gasteiger partial charge in [0.1, 0.15) is 29.4 Å². The zero-order chi connectivity index (χ0) is 26.9. The molecule has 7 nitrogen and oxygen atoms in total. The van der Waals surface area contributed by atoms with Crippen LogP contribution in [0.1, 0.15) is 49.3 Å². The first-order valence-electron chi connectivity index (χ1n) is 11.1. The molecule has 3 aromatic rings. The van der Waals surface area contributed by atoms with Crippen molar-refractivity contribution in [1.29, 1.82) is 15.8 Å². The lowest BCUT2D eigenvalue weighted by atomic mass is 10.0. The van der Waals surface area contributed by atoms with E-state index in [-0.39, 0.29) is 35.6 Å². The molecule has 0 spiro atoms. The van der Waals surface area contributed by atoms with Crippen molar-refractivity contribution in [2.75, 3.05) is 6.61 Å². The quantitative estimate of drug-likeness (QED) is 0.173. The summed E-state index contributed by atoms with van der Waals surface area (Å²) in [7, 11) is 0. The molecule has 9 heteroatoms. The summed E-state index contributed by atoms with van der Waals surface area (Å²) < 4.78 is 11.7. The van der Waals surface area contributed by atoms with Crippen LogP contribution in [0.5, 0.6) is 5.75 Å². The summed E-state index contributed by atoms with van der Waals surface area (Å²) in [6.45, 7) is 3.63. The maximum absolute atomic E-state index is 13.1. The summed E-state index contributed by atoms with van der Waals surface area (Å²) in [5.74, 6) is -0.632. The number of ketones is 1. The van der Waals surface area contributed by atoms with Crippen LogP contribution in [0.15, 0.2) is 52.5 Å². The zero-order valence-electron chi connectivity index (χ0n) is 20.0. The van der Waals surface area contributed by atoms with E-state index in [1.54, 1.807) is 50.2 Å². The van der Waals surface area contributed by atoms with E-state index in [0.717, 1.165) is 11.3 Å². The van der Waals surface area contributed by atoms with Crippen LogP contribution in [-0.4, -0.2) is 18.4 Å². The Morgan fingerprint density at radius 1 is 1.11 bits per heavy atom. The summed E-state index contributed by atoms with van der Waals surface area (Å²) in [4.78, 5) is 26.0. The minimum atomic E-state index is -0.551. The molecule has 1 heterocycles. The van der Waals surface area contributed by atoms with Crippen molar-refractivity contribution in [3.63, 3.8) is 0 Å². The highest BCUT2D eigenvalue weighted by Crippen LogP contribution is 2.31. The van der Waals surface area contributed by atoms with Crippen LogP contribution in [0.2, 0.25) is 0 Å². The molecule has 0 amide bonds. The Hall–Kier alpha value is -4.23. The number of Topliss-reactive ketones (excluding diaryl/α,β-unsaturated/α-hetero) is 1. The Bertz CT molecular complexity index is 1520. The van der Waals surface area contributed by atoms with Gasteiger partial charge in [-0.2, -0.15) is 15.8 Å². The van der Waals surface area contributed by atoms with Crippen LogP contribution >= 0.6 is 27.3 Å². The van der Waals surface area contributed by atoms with E-state index in [0.29, 0.717) is 37.4 Å². The van der Waals surface area contributed by atoms with Crippen molar-refractivity contribution < 1.29 is 19.1 Å². The second-order valence-electron chi connectivity index (χ2n) is 7.70. The van der Waals surface area contributed by atoms with Gasteiger partial charge >= 0.3 is 5.97 Å². The Morgan fingerprint density at radius 3 is 2.54 bits per heavy atom. The van der Waals surface area contributed by atoms with Crippen molar-refractivity contribution in [3.05, 3.63) is 90.1 Å². The Balaban J connectivity index is 1.90. The highest BCUT2D eigenvalue weighted by molar-refractivity contribution is 9.10. The number of thiophene rings is 1. The highest BCUT2D eigenvalue weighted by Gasteiger charge is 2.23. The first-order valence-corrected chi connectivity index (χ1v) is 12.7. The molecule has 0 N–H and O–H groups in total. The maximum atomic E-state index is 13.1. The van der Waals surface area contributed by atoms with Crippen LogP contribution in [-0.2, 0) is 22.6 Å². The minimum absolute atomic E-state index is 0.124. The molecule has 0 bridgehead atoms. The Kier molecular flexibility index (Phi) is 9.35. The monoisotopic (exact) mass is 573 g/mol. The smallest absolute Gasteiger partial charge is 0.348 e. The molecule has 2 aromatic carbocycles. The van der Waals surface area contributed by atoms with Gasteiger partial charge in [-0.25, -0.2) is 4.79 Å². The predicted octanol–water partition coefficient (Wildman–Crippen LogP) is 6.04. The number of hydrogen-bond donors (Lipinski definition) is 0. The summed E-state index contributed by atoms with van der Waals surface area (Å²) >= 11 is 4.42. The number of esters is 1. The molecule has 184 valence electrons. The molecule has 0 unspecified atom stereocenters. The fourth-order valence-electron chi connectivity index (χ4n) is 3.48. The average molecular weight is 574 g/mol. The van der Waals surface area contributed by atoms with Crippen LogP contribution in [0.3, 0.4) is 0 Å². The molecule has 0 fully saturated rings. The number of benzene rings is 2. The molecule has 0 saturated heterocycles. The normalized spacial score (nSPS) is 10.6. The number of allylic oxidation sites excluding steroid dienone is 1. The Morgan fingerprint density at radius 2 is 1.86 bits per heavy atom. The van der Waals surface area contributed by atoms with Gasteiger partial charge in [-0.1, -0.05) is 34.1 Å². The largest absolute Gasteiger partial charge is 0.488 e. The van der Waals surface area contributed by atoms with Gasteiger partial charge < -0.3 is 9.47 Å². The van der Waals surface area contributed by atoms with Gasteiger partial charge in [-0.15, -0.1) is 11.3 Å². The second kappa shape index (κ2) is 12.6. The molecule has 0 radical (unpaired) electrons. The lowest BCUT2D eigenvalue weighted by molar-refractivity contribution is -0.114. The molecule has 37 heavy (non-hydrogen) atoms. The number of ether oxygens (including phenoxy) is 2. The molecule has 3 rings (SSSR count). The lowest BCUT2D eigenvalue weighted by Crippen LogP contribution is -2.06. The van der Waals surface area contributed by atoms with E-state index >= 15 is 0 Å². The maximum Gasteiger partial charge on any atom is 0.348 e. The van der Waals surface area contributed by atoms with Crippen molar-refractivity contribution in [1.82, 2.24) is 0 Å². The van der Waals surface area contributed by atoms with E-state index in [1.807, 2.05) is 12.1 Å². The molecule has 0 aliphatic carbocycles. The molecular formula is C28H20BrN3O4S. The third-order valence-corrected chi connectivity index (χ3v) is 7.09. The van der Waals surface area contributed by atoms with E-state index in [2.05, 4.69) is 28.1 Å². The van der Waals surface area contributed by atoms with E-state index in [1.165, 1.54) is 6.08 Å². The van der Waals surface area contributed by atoms with E-state index in [4.69, 9.17) is 9.47 Å². The molecule has 0 saturated carbocycles. The fraction of sp³-hybridized carbons (Fsp3) is 0.179. The third-order valence-electron chi connectivity index (χ3n) is 5.33. The average Bonchev–Trinajstić information content (AvgIpc) is 3.21. The SMILES string of the molecule is CCOC(=O)c1sc(CC(=O)/C(C#N)=C/c2cc(Br)ccc2OCc2ccccc2C#N)c(C#N)c1C. The van der Waals surface area contributed by atoms with Crippen LogP contribution in [0.25, 0.3) is 6.08 Å². The van der Waals surface area contributed by atoms with Crippen molar-refractivity contribution >= 4 is 45.1 Å². The molecule has 0 aliphatic heterocycles. The first-order chi connectivity index (χ1) is 17.8. The van der Waals surface area contributed by atoms with E-state index < -0.39 is 11.8 Å². The van der Waals surface area contributed by atoms with Crippen molar-refractivity contribution in [2.24, 2.45) is 0 Å². The topological polar surface area (TPSA) is 124 Å². The van der Waals surface area contributed by atoms with E-state index in [9.17, 15) is 25.4 Å². The summed E-state index contributed by atoms with van der Waals surface area (Å²) in [6, 6.07) is 18.4. The molecule has 0 atom stereocenters. The zero-order valence-corrected chi connectivity index (χ0v) is 22.4. The van der Waals surface area contributed by atoms with Gasteiger partial charge in [-0.3, -0.25) is 4.79 Å². The minimum Gasteiger partial charge on any atom is -0.488 e. The van der Waals surface area contributed by atoms with Gasteiger partial charge in [-0.05, 0) is 49.8 Å². The number of carbonyl (C=O) groups is 2. The molecule has 0 aliphatic rings. The van der Waals surface area contributed by atoms with Gasteiger partial charge in [0.05, 0.1) is 29.4 Å². The number of carbonyl (C=O) groups excluding carboxylic acids is 2. The second-order valence-corrected chi connectivity index (χ2v) is 9.72. The van der Waals surface area contributed by atoms with Gasteiger partial charge in [0.2, 0.25) is 0 Å². The number of rotatable bonds is 9. The summed E-state index contributed by atoms with van der Waals surface area (Å²) in [5, 5.41) is 28.7. The Labute approximate surface area is 226 Å². The van der Waals surface area contributed by atoms with Gasteiger partial charge in [0.25, 0.3) is 0 Å². The van der Waals surface area contributed by atoms with Gasteiger partial charge in [0, 0.05) is 26.9 Å². The first kappa shape index (κ1) is 27.4. The number of nitrogens with zero attached hydrogens (tertiary/aromatic N) is 3. The third kappa shape index (κ3) is 6.51. The van der Waals surface area contributed by atoms with Crippen molar-refractivity contribution in [2.45, 2.75) is 26.9 Å². The van der Waals surface area contributed by atoms with Crippen LogP contribution in [0, 0.1) is 40.9 Å². The number of hydrogen-bond acceptors (Lipinski definition) is 8. The fourth-order valence-corrected chi connectivity index (χ4v) is 5.01. The van der Waals surface area contributed by atoms with Crippen LogP contribution in [0.4, 0.5) is 0 Å².